The summed E-state index contributed by atoms with van der Waals surface area (Å²) in [5.74, 6) is 0.141. The summed E-state index contributed by atoms with van der Waals surface area (Å²) in [6.45, 7) is 0.648. The third kappa shape index (κ3) is 3.42. The summed E-state index contributed by atoms with van der Waals surface area (Å²) in [7, 11) is 3.16. The molecule has 2 aliphatic rings. The van der Waals surface area contributed by atoms with Crippen LogP contribution in [0.5, 0.6) is 11.5 Å². The number of carboxylic acids is 1. The highest BCUT2D eigenvalue weighted by Gasteiger charge is 2.40. The summed E-state index contributed by atoms with van der Waals surface area (Å²) in [6, 6.07) is 5.61. The summed E-state index contributed by atoms with van der Waals surface area (Å²) in [6.07, 6.45) is 1.04. The Morgan fingerprint density at radius 3 is 2.48 bits per heavy atom. The van der Waals surface area contributed by atoms with Crippen LogP contribution in [-0.4, -0.2) is 54.9 Å². The molecule has 0 radical (unpaired) electrons. The Bertz CT molecular complexity index is 661. The Kier molecular flexibility index (Phi) is 5.13. The number of hydrogen-bond donors (Lipinski definition) is 1. The molecule has 1 unspecified atom stereocenters. The highest BCUT2D eigenvalue weighted by molar-refractivity contribution is 5.83. The number of aliphatic carboxylic acids is 1. The quantitative estimate of drug-likeness (QED) is 0.875. The Labute approximate surface area is 146 Å². The summed E-state index contributed by atoms with van der Waals surface area (Å²) in [4.78, 5) is 25.7. The first-order valence-corrected chi connectivity index (χ1v) is 8.45. The molecule has 136 valence electrons. The third-order valence-corrected chi connectivity index (χ3v) is 4.90. The minimum Gasteiger partial charge on any atom is -0.493 e. The third-order valence-electron chi connectivity index (χ3n) is 4.90. The van der Waals surface area contributed by atoms with Gasteiger partial charge in [0.25, 0.3) is 5.91 Å². The van der Waals surface area contributed by atoms with Crippen LogP contribution in [0, 0.1) is 0 Å². The predicted octanol–water partition coefficient (Wildman–Crippen LogP) is 2.00. The molecule has 0 aromatic heterocycles. The molecule has 7 heteroatoms. The summed E-state index contributed by atoms with van der Waals surface area (Å²) >= 11 is 0. The molecule has 2 saturated heterocycles. The number of nitrogens with zero attached hydrogens (tertiary/aromatic N) is 1. The molecule has 0 aliphatic carbocycles. The summed E-state index contributed by atoms with van der Waals surface area (Å²) in [5, 5.41) is 9.04. The van der Waals surface area contributed by atoms with Crippen molar-refractivity contribution in [2.24, 2.45) is 0 Å². The molecule has 3 atom stereocenters. The van der Waals surface area contributed by atoms with Gasteiger partial charge in [-0.1, -0.05) is 6.07 Å². The Morgan fingerprint density at radius 2 is 1.84 bits per heavy atom. The van der Waals surface area contributed by atoms with Crippen molar-refractivity contribution < 1.29 is 28.9 Å². The van der Waals surface area contributed by atoms with Crippen LogP contribution in [-0.2, 0) is 14.3 Å². The molecule has 0 spiro atoms. The molecule has 25 heavy (non-hydrogen) atoms. The van der Waals surface area contributed by atoms with E-state index in [4.69, 9.17) is 19.3 Å². The van der Waals surface area contributed by atoms with Gasteiger partial charge in [-0.3, -0.25) is 4.79 Å². The average molecular weight is 349 g/mol. The second-order valence-electron chi connectivity index (χ2n) is 6.33. The van der Waals surface area contributed by atoms with Crippen molar-refractivity contribution in [3.05, 3.63) is 23.8 Å². The molecule has 0 bridgehead atoms. The van der Waals surface area contributed by atoms with Crippen molar-refractivity contribution in [2.75, 3.05) is 20.8 Å². The zero-order valence-corrected chi connectivity index (χ0v) is 14.4. The fraction of sp³-hybridized carbons (Fsp3) is 0.556. The van der Waals surface area contributed by atoms with Crippen molar-refractivity contribution >= 4 is 11.9 Å². The lowest BCUT2D eigenvalue weighted by Gasteiger charge is -2.28. The number of carboxylic acid groups (broad SMARTS) is 1. The smallest absolute Gasteiger partial charge is 0.332 e. The summed E-state index contributed by atoms with van der Waals surface area (Å²) < 4.78 is 16.0. The van der Waals surface area contributed by atoms with Crippen molar-refractivity contribution in [3.8, 4) is 11.5 Å². The van der Waals surface area contributed by atoms with E-state index in [9.17, 15) is 9.59 Å². The minimum atomic E-state index is -1.01. The van der Waals surface area contributed by atoms with Gasteiger partial charge >= 0.3 is 5.97 Å². The van der Waals surface area contributed by atoms with E-state index >= 15 is 0 Å². The van der Waals surface area contributed by atoms with E-state index in [1.165, 1.54) is 0 Å². The van der Waals surface area contributed by atoms with Crippen LogP contribution in [0.1, 0.15) is 37.3 Å². The number of hydrogen-bond acceptors (Lipinski definition) is 5. The van der Waals surface area contributed by atoms with E-state index in [0.717, 1.165) is 18.4 Å². The molecule has 1 aromatic carbocycles. The van der Waals surface area contributed by atoms with Gasteiger partial charge in [0, 0.05) is 6.54 Å². The first-order chi connectivity index (χ1) is 12.0. The molecule has 7 nitrogen and oxygen atoms in total. The van der Waals surface area contributed by atoms with Gasteiger partial charge < -0.3 is 24.2 Å². The van der Waals surface area contributed by atoms with Gasteiger partial charge in [-0.2, -0.15) is 0 Å². The number of likely N-dealkylation sites (tertiary alicyclic amines) is 1. The highest BCUT2D eigenvalue weighted by atomic mass is 16.5. The SMILES string of the molecule is COc1ccc(C2CCCN2C(=O)[C@@H]2CC[C@H](C(=O)O)O2)cc1OC. The fourth-order valence-corrected chi connectivity index (χ4v) is 3.62. The number of amides is 1. The molecule has 3 rings (SSSR count). The topological polar surface area (TPSA) is 85.3 Å². The van der Waals surface area contributed by atoms with Crippen LogP contribution in [0.15, 0.2) is 18.2 Å². The number of ether oxygens (including phenoxy) is 3. The average Bonchev–Trinajstić information content (AvgIpc) is 3.30. The van der Waals surface area contributed by atoms with E-state index in [2.05, 4.69) is 0 Å². The van der Waals surface area contributed by atoms with E-state index in [1.807, 2.05) is 18.2 Å². The van der Waals surface area contributed by atoms with Crippen LogP contribution < -0.4 is 9.47 Å². The zero-order valence-electron chi connectivity index (χ0n) is 14.4. The van der Waals surface area contributed by atoms with Crippen molar-refractivity contribution in [3.63, 3.8) is 0 Å². The number of rotatable bonds is 5. The molecule has 1 N–H and O–H groups in total. The summed E-state index contributed by atoms with van der Waals surface area (Å²) in [5.41, 5.74) is 0.983. The van der Waals surface area contributed by atoms with Crippen LogP contribution in [0.3, 0.4) is 0 Å². The molecular formula is C18H23NO6. The number of methoxy groups -OCH3 is 2. The monoisotopic (exact) mass is 349 g/mol. The van der Waals surface area contributed by atoms with Crippen LogP contribution >= 0.6 is 0 Å². The lowest BCUT2D eigenvalue weighted by atomic mass is 10.0. The normalized spacial score (nSPS) is 25.8. The largest absolute Gasteiger partial charge is 0.493 e. The molecular weight excluding hydrogens is 326 g/mol. The van der Waals surface area contributed by atoms with Gasteiger partial charge in [0.05, 0.1) is 20.3 Å². The molecule has 1 amide bonds. The van der Waals surface area contributed by atoms with Gasteiger partial charge in [0.15, 0.2) is 17.6 Å². The minimum absolute atomic E-state index is 0.0558. The second kappa shape index (κ2) is 7.31. The van der Waals surface area contributed by atoms with Crippen molar-refractivity contribution in [1.29, 1.82) is 0 Å². The first-order valence-electron chi connectivity index (χ1n) is 8.45. The van der Waals surface area contributed by atoms with Gasteiger partial charge in [0.1, 0.15) is 6.10 Å². The maximum absolute atomic E-state index is 12.8. The maximum Gasteiger partial charge on any atom is 0.332 e. The van der Waals surface area contributed by atoms with Crippen molar-refractivity contribution in [2.45, 2.75) is 43.9 Å². The van der Waals surface area contributed by atoms with E-state index in [-0.39, 0.29) is 11.9 Å². The Hall–Kier alpha value is -2.28. The lowest BCUT2D eigenvalue weighted by Crippen LogP contribution is -2.39. The number of carbonyl (C=O) groups is 2. The molecule has 0 saturated carbocycles. The lowest BCUT2D eigenvalue weighted by molar-refractivity contribution is -0.155. The zero-order chi connectivity index (χ0) is 18.0. The van der Waals surface area contributed by atoms with Gasteiger partial charge in [-0.05, 0) is 43.4 Å². The van der Waals surface area contributed by atoms with Crippen LogP contribution in [0.25, 0.3) is 0 Å². The Balaban J connectivity index is 1.76. The number of benzene rings is 1. The standard InChI is InChI=1S/C18H23NO6/c1-23-13-6-5-11(10-16(13)24-2)12-4-3-9-19(12)17(20)14-7-8-15(25-14)18(21)22/h5-6,10,12,14-15H,3-4,7-9H2,1-2H3,(H,21,22)/t12?,14-,15+/m0/s1. The highest BCUT2D eigenvalue weighted by Crippen LogP contribution is 2.38. The van der Waals surface area contributed by atoms with E-state index in [0.29, 0.717) is 30.9 Å². The van der Waals surface area contributed by atoms with Crippen LogP contribution in [0.2, 0.25) is 0 Å². The van der Waals surface area contributed by atoms with E-state index < -0.39 is 18.2 Å². The van der Waals surface area contributed by atoms with Crippen molar-refractivity contribution in [1.82, 2.24) is 4.90 Å². The fourth-order valence-electron chi connectivity index (χ4n) is 3.62. The van der Waals surface area contributed by atoms with Gasteiger partial charge in [0.2, 0.25) is 0 Å². The van der Waals surface area contributed by atoms with Crippen LogP contribution in [0.4, 0.5) is 0 Å². The molecule has 1 aromatic rings. The van der Waals surface area contributed by atoms with E-state index in [1.54, 1.807) is 19.1 Å². The van der Waals surface area contributed by atoms with Gasteiger partial charge in [-0.15, -0.1) is 0 Å². The second-order valence-corrected chi connectivity index (χ2v) is 6.33. The molecule has 2 aliphatic heterocycles. The predicted molar refractivity (Wildman–Crippen MR) is 88.8 cm³/mol. The molecule has 2 fully saturated rings. The number of carbonyl (C=O) groups excluding carboxylic acids is 1. The Morgan fingerprint density at radius 1 is 1.12 bits per heavy atom. The van der Waals surface area contributed by atoms with Gasteiger partial charge in [-0.25, -0.2) is 4.79 Å². The maximum atomic E-state index is 12.8. The first kappa shape index (κ1) is 17.5. The molecule has 2 heterocycles.